The first-order chi connectivity index (χ1) is 9.93. The molecule has 3 N–H and O–H groups in total. The fraction of sp³-hybridized carbons (Fsp3) is 0.875. The largest absolute Gasteiger partial charge is 0.481 e. The number of rotatable bonds is 7. The normalized spacial score (nSPS) is 33.7. The predicted octanol–water partition coefficient (Wildman–Crippen LogP) is 1.77. The van der Waals surface area contributed by atoms with E-state index in [0.29, 0.717) is 11.8 Å². The standard InChI is InChI=1S/C16H28N2O3/c1-4-5-9(2)17-15(19)10(3)18-14-12-7-6-11(8-12)13(14)16(20)21/h9-14,18H,4-8H2,1-3H3,(H,17,19)(H,20,21). The third-order valence-electron chi connectivity index (χ3n) is 5.15. The van der Waals surface area contributed by atoms with Crippen LogP contribution in [0.25, 0.3) is 0 Å². The van der Waals surface area contributed by atoms with Gasteiger partial charge >= 0.3 is 5.97 Å². The average molecular weight is 296 g/mol. The van der Waals surface area contributed by atoms with Crippen molar-refractivity contribution < 1.29 is 14.7 Å². The van der Waals surface area contributed by atoms with E-state index in [1.807, 2.05) is 13.8 Å². The van der Waals surface area contributed by atoms with Gasteiger partial charge in [0.2, 0.25) is 5.91 Å². The minimum atomic E-state index is -0.716. The topological polar surface area (TPSA) is 78.4 Å². The number of carboxylic acids is 1. The number of hydrogen-bond acceptors (Lipinski definition) is 3. The number of fused-ring (bicyclic) bond motifs is 2. The maximum absolute atomic E-state index is 12.2. The van der Waals surface area contributed by atoms with Crippen molar-refractivity contribution in [2.24, 2.45) is 17.8 Å². The number of carboxylic acid groups (broad SMARTS) is 1. The van der Waals surface area contributed by atoms with Crippen LogP contribution in [0.5, 0.6) is 0 Å². The van der Waals surface area contributed by atoms with Gasteiger partial charge in [-0.3, -0.25) is 9.59 Å². The maximum atomic E-state index is 12.2. The van der Waals surface area contributed by atoms with Gasteiger partial charge in [-0.15, -0.1) is 0 Å². The molecule has 0 aromatic heterocycles. The van der Waals surface area contributed by atoms with Crippen LogP contribution in [0.4, 0.5) is 0 Å². The lowest BCUT2D eigenvalue weighted by atomic mass is 9.84. The molecule has 21 heavy (non-hydrogen) atoms. The zero-order valence-corrected chi connectivity index (χ0v) is 13.3. The average Bonchev–Trinajstić information content (AvgIpc) is 2.99. The summed E-state index contributed by atoms with van der Waals surface area (Å²) in [6, 6.07) is -0.221. The lowest BCUT2D eigenvalue weighted by Crippen LogP contribution is -2.53. The number of hydrogen-bond donors (Lipinski definition) is 3. The van der Waals surface area contributed by atoms with Crippen LogP contribution >= 0.6 is 0 Å². The molecule has 6 atom stereocenters. The third-order valence-corrected chi connectivity index (χ3v) is 5.15. The van der Waals surface area contributed by atoms with Crippen LogP contribution in [-0.4, -0.2) is 35.1 Å². The molecule has 0 aliphatic heterocycles. The summed E-state index contributed by atoms with van der Waals surface area (Å²) in [6.45, 7) is 5.93. The highest BCUT2D eigenvalue weighted by Gasteiger charge is 2.51. The first kappa shape index (κ1) is 16.3. The Balaban J connectivity index is 1.91. The van der Waals surface area contributed by atoms with Crippen LogP contribution in [0.2, 0.25) is 0 Å². The Labute approximate surface area is 126 Å². The van der Waals surface area contributed by atoms with Gasteiger partial charge < -0.3 is 15.7 Å². The Hall–Kier alpha value is -1.10. The van der Waals surface area contributed by atoms with E-state index in [1.54, 1.807) is 0 Å². The molecule has 2 aliphatic carbocycles. The van der Waals surface area contributed by atoms with Crippen molar-refractivity contribution in [3.05, 3.63) is 0 Å². The summed E-state index contributed by atoms with van der Waals surface area (Å²) in [4.78, 5) is 23.7. The number of amides is 1. The van der Waals surface area contributed by atoms with E-state index in [9.17, 15) is 14.7 Å². The molecule has 2 aliphatic rings. The predicted molar refractivity (Wildman–Crippen MR) is 80.9 cm³/mol. The highest BCUT2D eigenvalue weighted by atomic mass is 16.4. The molecule has 6 unspecified atom stereocenters. The summed E-state index contributed by atoms with van der Waals surface area (Å²) in [6.07, 6.45) is 5.11. The summed E-state index contributed by atoms with van der Waals surface area (Å²) >= 11 is 0. The molecule has 2 saturated carbocycles. The van der Waals surface area contributed by atoms with Gasteiger partial charge in [-0.2, -0.15) is 0 Å². The van der Waals surface area contributed by atoms with Gasteiger partial charge in [-0.1, -0.05) is 13.3 Å². The van der Waals surface area contributed by atoms with Gasteiger partial charge in [0, 0.05) is 12.1 Å². The molecule has 0 spiro atoms. The molecule has 0 saturated heterocycles. The third kappa shape index (κ3) is 3.57. The molecule has 2 rings (SSSR count). The molecule has 2 fully saturated rings. The minimum Gasteiger partial charge on any atom is -0.481 e. The van der Waals surface area contributed by atoms with Crippen molar-refractivity contribution in [2.75, 3.05) is 0 Å². The van der Waals surface area contributed by atoms with Crippen molar-refractivity contribution in [3.8, 4) is 0 Å². The Morgan fingerprint density at radius 1 is 1.24 bits per heavy atom. The second kappa shape index (κ2) is 6.77. The first-order valence-corrected chi connectivity index (χ1v) is 8.23. The van der Waals surface area contributed by atoms with Crippen LogP contribution in [0.3, 0.4) is 0 Å². The zero-order valence-electron chi connectivity index (χ0n) is 13.3. The Kier molecular flexibility index (Phi) is 5.25. The Morgan fingerprint density at radius 2 is 1.90 bits per heavy atom. The lowest BCUT2D eigenvalue weighted by Gasteiger charge is -2.31. The summed E-state index contributed by atoms with van der Waals surface area (Å²) < 4.78 is 0. The molecule has 2 bridgehead atoms. The van der Waals surface area contributed by atoms with E-state index in [-0.39, 0.29) is 30.0 Å². The molecule has 0 aromatic carbocycles. The Bertz CT molecular complexity index is 399. The van der Waals surface area contributed by atoms with Crippen molar-refractivity contribution in [1.29, 1.82) is 0 Å². The van der Waals surface area contributed by atoms with E-state index in [2.05, 4.69) is 17.6 Å². The van der Waals surface area contributed by atoms with Crippen LogP contribution < -0.4 is 10.6 Å². The summed E-state index contributed by atoms with van der Waals surface area (Å²) in [5, 5.41) is 15.7. The second-order valence-electron chi connectivity index (χ2n) is 6.81. The SMILES string of the molecule is CCCC(C)NC(=O)C(C)NC1C2CCC(C2)C1C(=O)O. The van der Waals surface area contributed by atoms with Crippen LogP contribution in [-0.2, 0) is 9.59 Å². The fourth-order valence-electron chi connectivity index (χ4n) is 4.12. The second-order valence-corrected chi connectivity index (χ2v) is 6.81. The molecule has 0 heterocycles. The number of carbonyl (C=O) groups is 2. The van der Waals surface area contributed by atoms with E-state index in [4.69, 9.17) is 0 Å². The molecule has 120 valence electrons. The number of nitrogens with one attached hydrogen (secondary N) is 2. The number of aliphatic carboxylic acids is 1. The van der Waals surface area contributed by atoms with Gasteiger partial charge in [-0.05, 0) is 51.4 Å². The van der Waals surface area contributed by atoms with Crippen molar-refractivity contribution in [3.63, 3.8) is 0 Å². The molecule has 0 aromatic rings. The smallest absolute Gasteiger partial charge is 0.308 e. The van der Waals surface area contributed by atoms with Gasteiger partial charge in [0.15, 0.2) is 0 Å². The number of carbonyl (C=O) groups excluding carboxylic acids is 1. The zero-order chi connectivity index (χ0) is 15.6. The maximum Gasteiger partial charge on any atom is 0.308 e. The molecule has 0 radical (unpaired) electrons. The highest BCUT2D eigenvalue weighted by molar-refractivity contribution is 5.81. The van der Waals surface area contributed by atoms with Gasteiger partial charge in [-0.25, -0.2) is 0 Å². The van der Waals surface area contributed by atoms with E-state index >= 15 is 0 Å². The summed E-state index contributed by atoms with van der Waals surface area (Å²) in [7, 11) is 0. The van der Waals surface area contributed by atoms with Gasteiger partial charge in [0.05, 0.1) is 12.0 Å². The van der Waals surface area contributed by atoms with Crippen molar-refractivity contribution in [1.82, 2.24) is 10.6 Å². The van der Waals surface area contributed by atoms with E-state index in [1.165, 1.54) is 0 Å². The van der Waals surface area contributed by atoms with Crippen LogP contribution in [0, 0.1) is 17.8 Å². The summed E-state index contributed by atoms with van der Waals surface area (Å²) in [5.41, 5.74) is 0. The molecule has 5 heteroatoms. The summed E-state index contributed by atoms with van der Waals surface area (Å²) in [5.74, 6) is -0.361. The Morgan fingerprint density at radius 3 is 2.52 bits per heavy atom. The highest BCUT2D eigenvalue weighted by Crippen LogP contribution is 2.48. The van der Waals surface area contributed by atoms with Crippen LogP contribution in [0.1, 0.15) is 52.9 Å². The molecular formula is C16H28N2O3. The first-order valence-electron chi connectivity index (χ1n) is 8.23. The van der Waals surface area contributed by atoms with Crippen molar-refractivity contribution in [2.45, 2.75) is 71.0 Å². The minimum absolute atomic E-state index is 0.0251. The molecule has 1 amide bonds. The van der Waals surface area contributed by atoms with E-state index < -0.39 is 5.97 Å². The van der Waals surface area contributed by atoms with E-state index in [0.717, 1.165) is 32.1 Å². The monoisotopic (exact) mass is 296 g/mol. The van der Waals surface area contributed by atoms with Crippen LogP contribution in [0.15, 0.2) is 0 Å². The fourth-order valence-corrected chi connectivity index (χ4v) is 4.12. The quantitative estimate of drug-likeness (QED) is 0.669. The lowest BCUT2D eigenvalue weighted by molar-refractivity contribution is -0.145. The molecule has 5 nitrogen and oxygen atoms in total. The van der Waals surface area contributed by atoms with Crippen molar-refractivity contribution >= 4 is 11.9 Å². The van der Waals surface area contributed by atoms with Gasteiger partial charge in [0.25, 0.3) is 0 Å². The molecular weight excluding hydrogens is 268 g/mol. The van der Waals surface area contributed by atoms with Gasteiger partial charge in [0.1, 0.15) is 0 Å².